The van der Waals surface area contributed by atoms with E-state index < -0.39 is 11.9 Å². The minimum Gasteiger partial charge on any atom is -0.496 e. The summed E-state index contributed by atoms with van der Waals surface area (Å²) in [7, 11) is 4.43. The topological polar surface area (TPSA) is 85.9 Å². The average molecular weight is 406 g/mol. The summed E-state index contributed by atoms with van der Waals surface area (Å²) in [6, 6.07) is 19.2. The van der Waals surface area contributed by atoms with Crippen LogP contribution in [0.3, 0.4) is 0 Å². The maximum atomic E-state index is 12.6. The Balaban J connectivity index is 1.76. The van der Waals surface area contributed by atoms with Crippen LogP contribution >= 0.6 is 0 Å². The second-order valence-corrected chi connectivity index (χ2v) is 6.23. The number of anilines is 1. The van der Waals surface area contributed by atoms with Gasteiger partial charge in [-0.3, -0.25) is 10.1 Å². The number of imide groups is 1. The van der Waals surface area contributed by atoms with Crippen LogP contribution in [0.5, 0.6) is 17.2 Å². The third-order valence-electron chi connectivity index (χ3n) is 4.43. The SMILES string of the molecule is COc1cc(NC(=O)NC(=O)c2c(OC)cccc2OC)ccc1-c1ccccc1. The van der Waals surface area contributed by atoms with E-state index in [0.29, 0.717) is 22.9 Å². The number of nitrogens with one attached hydrogen (secondary N) is 2. The Bertz CT molecular complexity index is 1030. The van der Waals surface area contributed by atoms with Gasteiger partial charge in [-0.25, -0.2) is 4.79 Å². The molecule has 0 aliphatic carbocycles. The fourth-order valence-electron chi connectivity index (χ4n) is 3.03. The zero-order valence-electron chi connectivity index (χ0n) is 16.9. The maximum Gasteiger partial charge on any atom is 0.326 e. The number of benzene rings is 3. The van der Waals surface area contributed by atoms with Crippen LogP contribution in [0.4, 0.5) is 10.5 Å². The van der Waals surface area contributed by atoms with Crippen molar-refractivity contribution in [2.45, 2.75) is 0 Å². The van der Waals surface area contributed by atoms with Gasteiger partial charge in [-0.1, -0.05) is 36.4 Å². The van der Waals surface area contributed by atoms with Crippen molar-refractivity contribution in [1.82, 2.24) is 5.32 Å². The van der Waals surface area contributed by atoms with E-state index in [1.165, 1.54) is 14.2 Å². The molecule has 0 spiro atoms. The van der Waals surface area contributed by atoms with E-state index in [1.54, 1.807) is 37.4 Å². The molecule has 3 rings (SSSR count). The van der Waals surface area contributed by atoms with E-state index >= 15 is 0 Å². The molecule has 3 amide bonds. The Morgan fingerprint density at radius 2 is 1.37 bits per heavy atom. The van der Waals surface area contributed by atoms with Crippen LogP contribution in [0.25, 0.3) is 11.1 Å². The summed E-state index contributed by atoms with van der Waals surface area (Å²) in [6.07, 6.45) is 0. The molecule has 0 saturated heterocycles. The first-order chi connectivity index (χ1) is 14.6. The summed E-state index contributed by atoms with van der Waals surface area (Å²) in [5.41, 5.74) is 2.49. The molecule has 0 heterocycles. The summed E-state index contributed by atoms with van der Waals surface area (Å²) in [5.74, 6) is 0.550. The van der Waals surface area contributed by atoms with E-state index in [9.17, 15) is 9.59 Å². The summed E-state index contributed by atoms with van der Waals surface area (Å²) in [4.78, 5) is 25.0. The highest BCUT2D eigenvalue weighted by Gasteiger charge is 2.20. The molecule has 154 valence electrons. The number of urea groups is 1. The Hall–Kier alpha value is -4.00. The number of rotatable bonds is 6. The lowest BCUT2D eigenvalue weighted by atomic mass is 10.0. The van der Waals surface area contributed by atoms with Gasteiger partial charge >= 0.3 is 6.03 Å². The number of methoxy groups -OCH3 is 3. The molecule has 0 aliphatic rings. The summed E-state index contributed by atoms with van der Waals surface area (Å²) >= 11 is 0. The first-order valence-corrected chi connectivity index (χ1v) is 9.14. The lowest BCUT2D eigenvalue weighted by molar-refractivity contribution is 0.0961. The van der Waals surface area contributed by atoms with Crippen molar-refractivity contribution in [3.05, 3.63) is 72.3 Å². The molecule has 0 atom stereocenters. The molecule has 3 aromatic rings. The normalized spacial score (nSPS) is 10.1. The third kappa shape index (κ3) is 4.52. The van der Waals surface area contributed by atoms with Gasteiger partial charge in [0, 0.05) is 17.3 Å². The highest BCUT2D eigenvalue weighted by atomic mass is 16.5. The molecule has 0 radical (unpaired) electrons. The zero-order valence-corrected chi connectivity index (χ0v) is 16.9. The fourth-order valence-corrected chi connectivity index (χ4v) is 3.03. The average Bonchev–Trinajstić information content (AvgIpc) is 2.78. The van der Waals surface area contributed by atoms with Crippen LogP contribution < -0.4 is 24.8 Å². The molecule has 7 heteroatoms. The molecule has 0 fully saturated rings. The number of hydrogen-bond donors (Lipinski definition) is 2. The van der Waals surface area contributed by atoms with Crippen molar-refractivity contribution in [1.29, 1.82) is 0 Å². The van der Waals surface area contributed by atoms with Crippen molar-refractivity contribution >= 4 is 17.6 Å². The van der Waals surface area contributed by atoms with Gasteiger partial charge in [0.25, 0.3) is 5.91 Å². The van der Waals surface area contributed by atoms with Crippen molar-refractivity contribution in [3.8, 4) is 28.4 Å². The third-order valence-corrected chi connectivity index (χ3v) is 4.43. The molecule has 2 N–H and O–H groups in total. The summed E-state index contributed by atoms with van der Waals surface area (Å²) in [5, 5.41) is 4.93. The van der Waals surface area contributed by atoms with E-state index in [2.05, 4.69) is 10.6 Å². The molecular weight excluding hydrogens is 384 g/mol. The predicted octanol–water partition coefficient (Wildman–Crippen LogP) is 4.34. The van der Waals surface area contributed by atoms with Crippen molar-refractivity contribution < 1.29 is 23.8 Å². The molecule has 0 saturated carbocycles. The van der Waals surface area contributed by atoms with Gasteiger partial charge in [-0.2, -0.15) is 0 Å². The van der Waals surface area contributed by atoms with Gasteiger partial charge in [-0.05, 0) is 29.8 Å². The highest BCUT2D eigenvalue weighted by molar-refractivity contribution is 6.10. The van der Waals surface area contributed by atoms with Crippen LogP contribution in [-0.4, -0.2) is 33.3 Å². The van der Waals surface area contributed by atoms with Crippen LogP contribution in [0.2, 0.25) is 0 Å². The monoisotopic (exact) mass is 406 g/mol. The largest absolute Gasteiger partial charge is 0.496 e. The Labute approximate surface area is 174 Å². The van der Waals surface area contributed by atoms with Crippen molar-refractivity contribution in [3.63, 3.8) is 0 Å². The molecule has 0 unspecified atom stereocenters. The molecule has 0 aliphatic heterocycles. The molecule has 3 aromatic carbocycles. The first-order valence-electron chi connectivity index (χ1n) is 9.14. The zero-order chi connectivity index (χ0) is 21.5. The van der Waals surface area contributed by atoms with Gasteiger partial charge < -0.3 is 19.5 Å². The van der Waals surface area contributed by atoms with Crippen LogP contribution in [-0.2, 0) is 0 Å². The number of carbonyl (C=O) groups excluding carboxylic acids is 2. The first kappa shape index (κ1) is 20.7. The van der Waals surface area contributed by atoms with E-state index in [-0.39, 0.29) is 5.56 Å². The van der Waals surface area contributed by atoms with Gasteiger partial charge in [0.1, 0.15) is 22.8 Å². The van der Waals surface area contributed by atoms with Gasteiger partial charge in [-0.15, -0.1) is 0 Å². The number of hydrogen-bond acceptors (Lipinski definition) is 5. The Morgan fingerprint density at radius 3 is 1.97 bits per heavy atom. The second kappa shape index (κ2) is 9.47. The van der Waals surface area contributed by atoms with Crippen molar-refractivity contribution in [2.24, 2.45) is 0 Å². The minimum atomic E-state index is -0.692. The molecular formula is C23H22N2O5. The van der Waals surface area contributed by atoms with Crippen LogP contribution in [0.1, 0.15) is 10.4 Å². The highest BCUT2D eigenvalue weighted by Crippen LogP contribution is 2.32. The number of carbonyl (C=O) groups is 2. The molecule has 0 aromatic heterocycles. The molecule has 7 nitrogen and oxygen atoms in total. The fraction of sp³-hybridized carbons (Fsp3) is 0.130. The Morgan fingerprint density at radius 1 is 0.733 bits per heavy atom. The van der Waals surface area contributed by atoms with Crippen molar-refractivity contribution in [2.75, 3.05) is 26.6 Å². The van der Waals surface area contributed by atoms with Crippen LogP contribution in [0, 0.1) is 0 Å². The second-order valence-electron chi connectivity index (χ2n) is 6.23. The number of amides is 3. The minimum absolute atomic E-state index is 0.134. The van der Waals surface area contributed by atoms with Crippen LogP contribution in [0.15, 0.2) is 66.7 Å². The quantitative estimate of drug-likeness (QED) is 0.636. The number of ether oxygens (including phenoxy) is 3. The van der Waals surface area contributed by atoms with Gasteiger partial charge in [0.05, 0.1) is 21.3 Å². The summed E-state index contributed by atoms with van der Waals surface area (Å²) < 4.78 is 15.9. The summed E-state index contributed by atoms with van der Waals surface area (Å²) in [6.45, 7) is 0. The Kier molecular flexibility index (Phi) is 6.54. The van der Waals surface area contributed by atoms with E-state index in [0.717, 1.165) is 11.1 Å². The predicted molar refractivity (Wildman–Crippen MR) is 114 cm³/mol. The molecule has 0 bridgehead atoms. The maximum absolute atomic E-state index is 12.6. The van der Waals surface area contributed by atoms with Gasteiger partial charge in [0.15, 0.2) is 0 Å². The van der Waals surface area contributed by atoms with E-state index in [4.69, 9.17) is 14.2 Å². The molecule has 30 heavy (non-hydrogen) atoms. The van der Waals surface area contributed by atoms with E-state index in [1.807, 2.05) is 36.4 Å². The lowest BCUT2D eigenvalue weighted by Gasteiger charge is -2.14. The standard InChI is InChI=1S/C23H22N2O5/c1-28-18-10-7-11-19(29-2)21(18)22(26)25-23(27)24-16-12-13-17(20(14-16)30-3)15-8-5-4-6-9-15/h4-14H,1-3H3,(H2,24,25,26,27). The smallest absolute Gasteiger partial charge is 0.326 e. The van der Waals surface area contributed by atoms with Gasteiger partial charge in [0.2, 0.25) is 0 Å². The lowest BCUT2D eigenvalue weighted by Crippen LogP contribution is -2.34.